The quantitative estimate of drug-likeness (QED) is 0.651. The van der Waals surface area contributed by atoms with Gasteiger partial charge in [0.15, 0.2) is 0 Å². The highest BCUT2D eigenvalue weighted by atomic mass is 32.1. The number of rotatable bonds is 5. The monoisotopic (exact) mass is 444 g/mol. The fourth-order valence-corrected chi connectivity index (χ4v) is 4.40. The third-order valence-electron chi connectivity index (χ3n) is 5.57. The van der Waals surface area contributed by atoms with Crippen molar-refractivity contribution in [2.45, 2.75) is 26.8 Å². The zero-order valence-electron chi connectivity index (χ0n) is 17.8. The Morgan fingerprint density at radius 3 is 2.58 bits per heavy atom. The molecule has 164 valence electrons. The van der Waals surface area contributed by atoms with Crippen molar-refractivity contribution in [1.82, 2.24) is 19.7 Å². The number of aryl methyl sites for hydroxylation is 2. The van der Waals surface area contributed by atoms with Gasteiger partial charge in [0.1, 0.15) is 16.4 Å². The minimum absolute atomic E-state index is 0.0469. The minimum Gasteiger partial charge on any atom is -0.367 e. The zero-order chi connectivity index (χ0) is 22.1. The van der Waals surface area contributed by atoms with E-state index in [4.69, 9.17) is 0 Å². The number of anilines is 2. The molecule has 4 rings (SSSR count). The lowest BCUT2D eigenvalue weighted by molar-refractivity contribution is 0.102. The van der Waals surface area contributed by atoms with Gasteiger partial charge in [0.05, 0.1) is 11.2 Å². The van der Waals surface area contributed by atoms with E-state index in [1.807, 2.05) is 30.4 Å². The lowest BCUT2D eigenvalue weighted by atomic mass is 10.1. The molecular weight excluding hydrogens is 419 g/mol. The maximum Gasteiger partial charge on any atom is 0.262 e. The highest BCUT2D eigenvalue weighted by Crippen LogP contribution is 2.26. The van der Waals surface area contributed by atoms with Crippen LogP contribution in [0.25, 0.3) is 10.9 Å². The van der Waals surface area contributed by atoms with Gasteiger partial charge in [-0.3, -0.25) is 14.9 Å². The maximum absolute atomic E-state index is 15.0. The molecule has 3 aromatic rings. The van der Waals surface area contributed by atoms with Crippen molar-refractivity contribution < 1.29 is 9.18 Å². The molecule has 10 heteroatoms. The number of nitrogens with zero attached hydrogens (tertiary/aromatic N) is 5. The van der Waals surface area contributed by atoms with Gasteiger partial charge in [-0.1, -0.05) is 18.3 Å². The molecule has 1 N–H and O–H groups in total. The molecular formula is C21H25FN6O2S. The molecule has 0 radical (unpaired) electrons. The van der Waals surface area contributed by atoms with Gasteiger partial charge in [0, 0.05) is 44.3 Å². The molecule has 3 heterocycles. The van der Waals surface area contributed by atoms with Crippen LogP contribution in [-0.2, 0) is 13.0 Å². The highest BCUT2D eigenvalue weighted by molar-refractivity contribution is 7.15. The van der Waals surface area contributed by atoms with E-state index in [0.29, 0.717) is 29.3 Å². The van der Waals surface area contributed by atoms with Crippen LogP contribution >= 0.6 is 11.3 Å². The van der Waals surface area contributed by atoms with Crippen LogP contribution in [0.5, 0.6) is 0 Å². The second-order valence-corrected chi connectivity index (χ2v) is 8.64. The van der Waals surface area contributed by atoms with Crippen LogP contribution in [0.1, 0.15) is 29.2 Å². The van der Waals surface area contributed by atoms with Crippen molar-refractivity contribution in [2.24, 2.45) is 0 Å². The zero-order valence-corrected chi connectivity index (χ0v) is 18.6. The number of hydrogen-bond donors (Lipinski definition) is 1. The van der Waals surface area contributed by atoms with E-state index in [2.05, 4.69) is 20.4 Å². The van der Waals surface area contributed by atoms with E-state index in [0.717, 1.165) is 31.2 Å². The number of nitrogens with one attached hydrogen (secondary N) is 1. The molecule has 1 saturated heterocycles. The van der Waals surface area contributed by atoms with E-state index in [1.54, 1.807) is 6.07 Å². The summed E-state index contributed by atoms with van der Waals surface area (Å²) in [6, 6.07) is 2.98. The molecule has 1 aliphatic rings. The number of piperazine rings is 1. The molecule has 0 bridgehead atoms. The Morgan fingerprint density at radius 2 is 1.94 bits per heavy atom. The SMILES string of the molecule is CCc1nnc(NC(=O)c2cn(CC)c3cc(N4CCN(C)CC4)c(F)cc3c2=O)s1. The number of benzene rings is 1. The second-order valence-electron chi connectivity index (χ2n) is 7.58. The highest BCUT2D eigenvalue weighted by Gasteiger charge is 2.22. The molecule has 1 fully saturated rings. The number of carbonyl (C=O) groups excluding carboxylic acids is 1. The van der Waals surface area contributed by atoms with Crippen LogP contribution in [0.15, 0.2) is 23.1 Å². The fraction of sp³-hybridized carbons (Fsp3) is 0.429. The minimum atomic E-state index is -0.573. The van der Waals surface area contributed by atoms with Gasteiger partial charge in [-0.2, -0.15) is 0 Å². The number of hydrogen-bond acceptors (Lipinski definition) is 7. The first kappa shape index (κ1) is 21.4. The summed E-state index contributed by atoms with van der Waals surface area (Å²) in [5, 5.41) is 11.9. The maximum atomic E-state index is 15.0. The van der Waals surface area contributed by atoms with Crippen LogP contribution in [0.2, 0.25) is 0 Å². The average molecular weight is 445 g/mol. The summed E-state index contributed by atoms with van der Waals surface area (Å²) in [4.78, 5) is 30.1. The molecule has 0 saturated carbocycles. The van der Waals surface area contributed by atoms with Gasteiger partial charge < -0.3 is 14.4 Å². The lowest BCUT2D eigenvalue weighted by Crippen LogP contribution is -2.44. The van der Waals surface area contributed by atoms with Gasteiger partial charge in [-0.25, -0.2) is 4.39 Å². The summed E-state index contributed by atoms with van der Waals surface area (Å²) in [6.45, 7) is 7.53. The number of aromatic nitrogens is 3. The number of likely N-dealkylation sites (N-methyl/N-ethyl adjacent to an activating group) is 1. The molecule has 1 aromatic carbocycles. The Kier molecular flexibility index (Phi) is 6.01. The number of amides is 1. The van der Waals surface area contributed by atoms with Crippen molar-refractivity contribution in [1.29, 1.82) is 0 Å². The summed E-state index contributed by atoms with van der Waals surface area (Å²) in [5.41, 5.74) is 0.555. The summed E-state index contributed by atoms with van der Waals surface area (Å²) >= 11 is 1.26. The van der Waals surface area contributed by atoms with E-state index < -0.39 is 17.2 Å². The predicted molar refractivity (Wildman–Crippen MR) is 121 cm³/mol. The van der Waals surface area contributed by atoms with Crippen molar-refractivity contribution in [3.63, 3.8) is 0 Å². The largest absolute Gasteiger partial charge is 0.367 e. The third kappa shape index (κ3) is 4.17. The van der Waals surface area contributed by atoms with Crippen LogP contribution < -0.4 is 15.6 Å². The van der Waals surface area contributed by atoms with Crippen LogP contribution in [0.4, 0.5) is 15.2 Å². The predicted octanol–water partition coefficient (Wildman–Crippen LogP) is 2.58. The van der Waals surface area contributed by atoms with Crippen molar-refractivity contribution in [3.05, 3.63) is 44.9 Å². The standard InChI is InChI=1S/C21H25FN6O2S/c1-4-18-24-25-21(31-18)23-20(30)14-12-27(5-2)16-11-17(15(22)10-13(16)19(14)29)28-8-6-26(3)7-9-28/h10-12H,4-9H2,1-3H3,(H,23,25,30). The summed E-state index contributed by atoms with van der Waals surface area (Å²) in [7, 11) is 2.04. The van der Waals surface area contributed by atoms with Gasteiger partial charge in [-0.05, 0) is 32.5 Å². The normalized spacial score (nSPS) is 14.9. The first-order valence-electron chi connectivity index (χ1n) is 10.3. The van der Waals surface area contributed by atoms with E-state index in [9.17, 15) is 9.59 Å². The van der Waals surface area contributed by atoms with Crippen LogP contribution in [0.3, 0.4) is 0 Å². The van der Waals surface area contributed by atoms with Crippen molar-refractivity contribution in [2.75, 3.05) is 43.4 Å². The lowest BCUT2D eigenvalue weighted by Gasteiger charge is -2.34. The molecule has 2 aromatic heterocycles. The molecule has 31 heavy (non-hydrogen) atoms. The molecule has 0 unspecified atom stereocenters. The van der Waals surface area contributed by atoms with E-state index >= 15 is 4.39 Å². The topological polar surface area (TPSA) is 83.4 Å². The Labute approximate surface area is 183 Å². The third-order valence-corrected chi connectivity index (χ3v) is 6.55. The first-order valence-corrected chi connectivity index (χ1v) is 11.2. The van der Waals surface area contributed by atoms with Crippen molar-refractivity contribution in [3.8, 4) is 0 Å². The molecule has 0 aliphatic carbocycles. The molecule has 1 aliphatic heterocycles. The number of pyridine rings is 1. The van der Waals surface area contributed by atoms with Crippen LogP contribution in [0, 0.1) is 5.82 Å². The Morgan fingerprint density at radius 1 is 1.19 bits per heavy atom. The summed E-state index contributed by atoms with van der Waals surface area (Å²) in [6.07, 6.45) is 2.24. The van der Waals surface area contributed by atoms with Crippen molar-refractivity contribution >= 4 is 39.0 Å². The Hall–Kier alpha value is -2.85. The number of fused-ring (bicyclic) bond motifs is 1. The Bertz CT molecular complexity index is 1180. The number of halogens is 1. The van der Waals surface area contributed by atoms with E-state index in [-0.39, 0.29) is 10.9 Å². The summed E-state index contributed by atoms with van der Waals surface area (Å²) in [5.74, 6) is -1.03. The average Bonchev–Trinajstić information content (AvgIpc) is 3.22. The second kappa shape index (κ2) is 8.72. The molecule has 1 amide bonds. The Balaban J connectivity index is 1.73. The first-order chi connectivity index (χ1) is 14.9. The summed E-state index contributed by atoms with van der Waals surface area (Å²) < 4.78 is 16.8. The smallest absolute Gasteiger partial charge is 0.262 e. The van der Waals surface area contributed by atoms with Gasteiger partial charge in [-0.15, -0.1) is 10.2 Å². The van der Waals surface area contributed by atoms with Gasteiger partial charge in [0.2, 0.25) is 10.6 Å². The molecule has 8 nitrogen and oxygen atoms in total. The molecule has 0 spiro atoms. The van der Waals surface area contributed by atoms with E-state index in [1.165, 1.54) is 23.6 Å². The molecule has 0 atom stereocenters. The van der Waals surface area contributed by atoms with Crippen LogP contribution in [-0.4, -0.2) is 58.8 Å². The van der Waals surface area contributed by atoms with Gasteiger partial charge in [0.25, 0.3) is 5.91 Å². The fourth-order valence-electron chi connectivity index (χ4n) is 3.72. The number of carbonyl (C=O) groups is 1. The van der Waals surface area contributed by atoms with Gasteiger partial charge >= 0.3 is 0 Å².